The lowest BCUT2D eigenvalue weighted by Crippen LogP contribution is -2.48. The second kappa shape index (κ2) is 5.17. The van der Waals surface area contributed by atoms with Gasteiger partial charge in [-0.2, -0.15) is 4.98 Å². The molecule has 0 aliphatic carbocycles. The second-order valence-electron chi connectivity index (χ2n) is 4.58. The zero-order chi connectivity index (χ0) is 12.4. The number of rotatable bonds is 3. The Morgan fingerprint density at radius 2 is 2.56 bits per heavy atom. The van der Waals surface area contributed by atoms with Crippen LogP contribution in [-0.2, 0) is 6.54 Å². The molecule has 1 saturated heterocycles. The van der Waals surface area contributed by atoms with Gasteiger partial charge in [0.05, 0.1) is 11.4 Å². The maximum Gasteiger partial charge on any atom is 0.241 e. The minimum atomic E-state index is 0.526. The van der Waals surface area contributed by atoms with Crippen LogP contribution in [0.1, 0.15) is 12.8 Å². The molecule has 0 spiro atoms. The predicted molar refractivity (Wildman–Crippen MR) is 70.4 cm³/mol. The van der Waals surface area contributed by atoms with Gasteiger partial charge in [-0.1, -0.05) is 11.2 Å². The quantitative estimate of drug-likeness (QED) is 0.912. The van der Waals surface area contributed by atoms with Crippen molar-refractivity contribution >= 4 is 11.3 Å². The molecule has 1 fully saturated rings. The molecule has 2 aromatic rings. The molecule has 1 atom stereocenters. The Morgan fingerprint density at radius 1 is 1.61 bits per heavy atom. The molecule has 96 valence electrons. The van der Waals surface area contributed by atoms with E-state index in [0.29, 0.717) is 17.8 Å². The van der Waals surface area contributed by atoms with E-state index in [1.54, 1.807) is 11.3 Å². The van der Waals surface area contributed by atoms with Gasteiger partial charge < -0.3 is 9.84 Å². The lowest BCUT2D eigenvalue weighted by molar-refractivity contribution is 0.177. The highest BCUT2D eigenvalue weighted by atomic mass is 32.1. The minimum Gasteiger partial charge on any atom is -0.338 e. The fourth-order valence-electron chi connectivity index (χ4n) is 2.17. The summed E-state index contributed by atoms with van der Waals surface area (Å²) in [4.78, 5) is 7.84. The summed E-state index contributed by atoms with van der Waals surface area (Å²) in [7, 11) is 0. The number of hydrogen-bond acceptors (Lipinski definition) is 6. The van der Waals surface area contributed by atoms with Crippen molar-refractivity contribution in [2.45, 2.75) is 19.5 Å². The standard InChI is InChI=1S/C12H16N4OS/c1-9-7-16(5-4-13-9)8-11-14-12(15-17-11)10-3-2-6-18-10/h2-3,6,9,13H,4-5,7-8H2,1H3. The zero-order valence-electron chi connectivity index (χ0n) is 10.3. The summed E-state index contributed by atoms with van der Waals surface area (Å²) in [5.74, 6) is 1.40. The first-order valence-electron chi connectivity index (χ1n) is 6.13. The summed E-state index contributed by atoms with van der Waals surface area (Å²) in [5, 5.41) is 9.46. The smallest absolute Gasteiger partial charge is 0.241 e. The molecule has 1 unspecified atom stereocenters. The topological polar surface area (TPSA) is 54.2 Å². The van der Waals surface area contributed by atoms with Crippen molar-refractivity contribution in [1.29, 1.82) is 0 Å². The van der Waals surface area contributed by atoms with Gasteiger partial charge in [-0.3, -0.25) is 4.90 Å². The first-order chi connectivity index (χ1) is 8.81. The summed E-state index contributed by atoms with van der Waals surface area (Å²) in [6, 6.07) is 4.53. The zero-order valence-corrected chi connectivity index (χ0v) is 11.1. The number of nitrogens with zero attached hydrogens (tertiary/aromatic N) is 3. The molecule has 3 rings (SSSR count). The third-order valence-corrected chi connectivity index (χ3v) is 3.89. The molecule has 0 saturated carbocycles. The van der Waals surface area contributed by atoms with E-state index >= 15 is 0 Å². The number of thiophene rings is 1. The van der Waals surface area contributed by atoms with E-state index in [1.165, 1.54) is 0 Å². The van der Waals surface area contributed by atoms with Crippen LogP contribution in [0.2, 0.25) is 0 Å². The first-order valence-corrected chi connectivity index (χ1v) is 7.01. The van der Waals surface area contributed by atoms with Crippen molar-refractivity contribution < 1.29 is 4.52 Å². The third kappa shape index (κ3) is 2.60. The average molecular weight is 264 g/mol. The van der Waals surface area contributed by atoms with Crippen LogP contribution in [0.15, 0.2) is 22.0 Å². The maximum absolute atomic E-state index is 5.31. The van der Waals surface area contributed by atoms with Gasteiger partial charge in [0.25, 0.3) is 0 Å². The lowest BCUT2D eigenvalue weighted by atomic mass is 10.2. The molecule has 2 aromatic heterocycles. The Kier molecular flexibility index (Phi) is 3.40. The highest BCUT2D eigenvalue weighted by molar-refractivity contribution is 7.13. The van der Waals surface area contributed by atoms with Crippen molar-refractivity contribution in [3.8, 4) is 10.7 Å². The van der Waals surface area contributed by atoms with Crippen LogP contribution in [0.5, 0.6) is 0 Å². The van der Waals surface area contributed by atoms with Crippen molar-refractivity contribution in [1.82, 2.24) is 20.4 Å². The molecule has 0 bridgehead atoms. The number of aromatic nitrogens is 2. The molecule has 0 amide bonds. The third-order valence-electron chi connectivity index (χ3n) is 3.02. The molecule has 0 radical (unpaired) electrons. The van der Waals surface area contributed by atoms with E-state index in [4.69, 9.17) is 4.52 Å². The Bertz CT molecular complexity index is 496. The van der Waals surface area contributed by atoms with Gasteiger partial charge in [-0.25, -0.2) is 0 Å². The predicted octanol–water partition coefficient (Wildman–Crippen LogP) is 1.59. The van der Waals surface area contributed by atoms with Gasteiger partial charge in [0, 0.05) is 25.7 Å². The van der Waals surface area contributed by atoms with Crippen molar-refractivity contribution in [3.05, 3.63) is 23.4 Å². The van der Waals surface area contributed by atoms with Gasteiger partial charge in [0.2, 0.25) is 11.7 Å². The fourth-order valence-corrected chi connectivity index (χ4v) is 2.82. The number of nitrogens with one attached hydrogen (secondary N) is 1. The van der Waals surface area contributed by atoms with Gasteiger partial charge in [0.15, 0.2) is 0 Å². The normalized spacial score (nSPS) is 21.3. The molecular formula is C12H16N4OS. The molecule has 1 N–H and O–H groups in total. The van der Waals surface area contributed by atoms with Gasteiger partial charge in [-0.15, -0.1) is 11.3 Å². The van der Waals surface area contributed by atoms with E-state index in [1.807, 2.05) is 17.5 Å². The lowest BCUT2D eigenvalue weighted by Gasteiger charge is -2.30. The summed E-state index contributed by atoms with van der Waals surface area (Å²) in [5.41, 5.74) is 0. The van der Waals surface area contributed by atoms with Gasteiger partial charge >= 0.3 is 0 Å². The highest BCUT2D eigenvalue weighted by Gasteiger charge is 2.18. The Balaban J connectivity index is 1.66. The monoisotopic (exact) mass is 264 g/mol. The van der Waals surface area contributed by atoms with E-state index in [-0.39, 0.29) is 0 Å². The van der Waals surface area contributed by atoms with Crippen LogP contribution in [0, 0.1) is 0 Å². The van der Waals surface area contributed by atoms with Crippen molar-refractivity contribution in [2.24, 2.45) is 0 Å². The SMILES string of the molecule is CC1CN(Cc2nc(-c3cccs3)no2)CCN1. The number of hydrogen-bond donors (Lipinski definition) is 1. The Labute approximate surface area is 110 Å². The molecular weight excluding hydrogens is 248 g/mol. The molecule has 0 aromatic carbocycles. The van der Waals surface area contributed by atoms with Crippen LogP contribution in [-0.4, -0.2) is 40.7 Å². The number of piperazine rings is 1. The van der Waals surface area contributed by atoms with Crippen LogP contribution in [0.3, 0.4) is 0 Å². The minimum absolute atomic E-state index is 0.526. The average Bonchev–Trinajstić information content (AvgIpc) is 2.98. The summed E-state index contributed by atoms with van der Waals surface area (Å²) >= 11 is 1.63. The van der Waals surface area contributed by atoms with Crippen molar-refractivity contribution in [2.75, 3.05) is 19.6 Å². The fraction of sp³-hybridized carbons (Fsp3) is 0.500. The van der Waals surface area contributed by atoms with Gasteiger partial charge in [-0.05, 0) is 18.4 Å². The van der Waals surface area contributed by atoms with Crippen LogP contribution in [0.25, 0.3) is 10.7 Å². The van der Waals surface area contributed by atoms with Gasteiger partial charge in [0.1, 0.15) is 0 Å². The molecule has 1 aliphatic heterocycles. The summed E-state index contributed by atoms with van der Waals surface area (Å²) in [6.45, 7) is 6.01. The van der Waals surface area contributed by atoms with Crippen molar-refractivity contribution in [3.63, 3.8) is 0 Å². The molecule has 18 heavy (non-hydrogen) atoms. The van der Waals surface area contributed by atoms with Crippen LogP contribution in [0.4, 0.5) is 0 Å². The van der Waals surface area contributed by atoms with E-state index in [2.05, 4.69) is 27.3 Å². The van der Waals surface area contributed by atoms with Crippen LogP contribution >= 0.6 is 11.3 Å². The van der Waals surface area contributed by atoms with Crippen LogP contribution < -0.4 is 5.32 Å². The summed E-state index contributed by atoms with van der Waals surface area (Å²) < 4.78 is 5.31. The highest BCUT2D eigenvalue weighted by Crippen LogP contribution is 2.21. The molecule has 6 heteroatoms. The maximum atomic E-state index is 5.31. The Morgan fingerprint density at radius 3 is 3.33 bits per heavy atom. The second-order valence-corrected chi connectivity index (χ2v) is 5.53. The summed E-state index contributed by atoms with van der Waals surface area (Å²) in [6.07, 6.45) is 0. The Hall–Kier alpha value is -1.24. The largest absolute Gasteiger partial charge is 0.338 e. The van der Waals surface area contributed by atoms with E-state index in [0.717, 1.165) is 31.1 Å². The molecule has 3 heterocycles. The molecule has 1 aliphatic rings. The van der Waals surface area contributed by atoms with E-state index in [9.17, 15) is 0 Å². The van der Waals surface area contributed by atoms with E-state index < -0.39 is 0 Å². The first kappa shape index (κ1) is 11.8. The molecule has 5 nitrogen and oxygen atoms in total.